The second-order valence-corrected chi connectivity index (χ2v) is 8.29. The fraction of sp³-hybridized carbons (Fsp3) is 0.450. The number of hydrogen-bond donors (Lipinski definition) is 1. The van der Waals surface area contributed by atoms with Gasteiger partial charge in [-0.3, -0.25) is 9.78 Å². The maximum absolute atomic E-state index is 12.5. The number of urea groups is 1. The lowest BCUT2D eigenvalue weighted by Gasteiger charge is -2.34. The van der Waals surface area contributed by atoms with Crippen molar-refractivity contribution in [3.05, 3.63) is 46.9 Å². The number of carbonyl (C=O) groups excluding carboxylic acids is 2. The maximum Gasteiger partial charge on any atom is 0.321 e. The summed E-state index contributed by atoms with van der Waals surface area (Å²) >= 11 is 1.66. The quantitative estimate of drug-likeness (QED) is 0.876. The van der Waals surface area contributed by atoms with Gasteiger partial charge < -0.3 is 15.1 Å². The predicted octanol–water partition coefficient (Wildman–Crippen LogP) is 3.58. The van der Waals surface area contributed by atoms with Gasteiger partial charge in [-0.2, -0.15) is 11.3 Å². The highest BCUT2D eigenvalue weighted by molar-refractivity contribution is 7.07. The van der Waals surface area contributed by atoms with Crippen LogP contribution in [0.1, 0.15) is 31.7 Å². The highest BCUT2D eigenvalue weighted by Crippen LogP contribution is 2.57. The molecule has 1 aliphatic carbocycles. The number of carbonyl (C=O) groups is 2. The molecule has 1 saturated carbocycles. The molecule has 1 aliphatic heterocycles. The van der Waals surface area contributed by atoms with Crippen LogP contribution in [0, 0.1) is 5.41 Å². The summed E-state index contributed by atoms with van der Waals surface area (Å²) in [5, 5.41) is 7.08. The highest BCUT2D eigenvalue weighted by atomic mass is 32.1. The average molecular weight is 385 g/mol. The smallest absolute Gasteiger partial charge is 0.321 e. The van der Waals surface area contributed by atoms with Crippen LogP contribution >= 0.6 is 11.3 Å². The molecule has 1 saturated heterocycles. The molecule has 3 amide bonds. The van der Waals surface area contributed by atoms with Gasteiger partial charge in [0.2, 0.25) is 5.91 Å². The van der Waals surface area contributed by atoms with Gasteiger partial charge in [0.15, 0.2) is 0 Å². The van der Waals surface area contributed by atoms with Crippen LogP contribution in [-0.2, 0) is 11.3 Å². The van der Waals surface area contributed by atoms with Crippen molar-refractivity contribution in [1.29, 1.82) is 0 Å². The third kappa shape index (κ3) is 3.83. The second-order valence-electron chi connectivity index (χ2n) is 7.51. The molecule has 1 atom stereocenters. The zero-order valence-corrected chi connectivity index (χ0v) is 16.2. The number of aromatic nitrogens is 1. The van der Waals surface area contributed by atoms with Gasteiger partial charge in [-0.05, 0) is 59.2 Å². The van der Waals surface area contributed by atoms with E-state index in [2.05, 4.69) is 27.1 Å². The van der Waals surface area contributed by atoms with Crippen molar-refractivity contribution < 1.29 is 9.59 Å². The fourth-order valence-electron chi connectivity index (χ4n) is 4.12. The summed E-state index contributed by atoms with van der Waals surface area (Å²) in [4.78, 5) is 32.5. The van der Waals surface area contributed by atoms with Crippen molar-refractivity contribution in [3.63, 3.8) is 0 Å². The van der Waals surface area contributed by atoms with E-state index in [4.69, 9.17) is 0 Å². The van der Waals surface area contributed by atoms with Crippen molar-refractivity contribution in [2.24, 2.45) is 5.41 Å². The minimum absolute atomic E-state index is 0.0602. The van der Waals surface area contributed by atoms with Gasteiger partial charge in [0.05, 0.1) is 0 Å². The van der Waals surface area contributed by atoms with E-state index >= 15 is 0 Å². The molecule has 0 radical (unpaired) electrons. The Hall–Kier alpha value is -2.41. The van der Waals surface area contributed by atoms with Gasteiger partial charge in [-0.25, -0.2) is 4.79 Å². The number of anilines is 1. The van der Waals surface area contributed by atoms with Crippen molar-refractivity contribution in [1.82, 2.24) is 14.8 Å². The Kier molecular flexibility index (Phi) is 4.86. The molecular formula is C20H24N4O2S. The molecule has 4 rings (SSSR count). The fourth-order valence-corrected chi connectivity index (χ4v) is 4.78. The van der Waals surface area contributed by atoms with Crippen LogP contribution in [0.15, 0.2) is 41.4 Å². The average Bonchev–Trinajstić information content (AvgIpc) is 3.10. The summed E-state index contributed by atoms with van der Waals surface area (Å²) in [5.41, 5.74) is 2.15. The molecule has 1 spiro atoms. The molecule has 142 valence electrons. The SMILES string of the molecule is CC(=O)N(Cc1ccsc1)[C@@H]1CC12CCN(C(=O)Nc1ccncc1)CC2. The Balaban J connectivity index is 1.33. The number of amides is 3. The first-order valence-corrected chi connectivity index (χ1v) is 10.3. The van der Waals surface area contributed by atoms with Crippen LogP contribution < -0.4 is 5.32 Å². The first kappa shape index (κ1) is 18.0. The van der Waals surface area contributed by atoms with E-state index in [1.54, 1.807) is 42.8 Å². The van der Waals surface area contributed by atoms with E-state index in [0.29, 0.717) is 12.6 Å². The number of rotatable bonds is 4. The predicted molar refractivity (Wildman–Crippen MR) is 105 cm³/mol. The largest absolute Gasteiger partial charge is 0.335 e. The van der Waals surface area contributed by atoms with Crippen molar-refractivity contribution in [2.75, 3.05) is 18.4 Å². The molecule has 0 unspecified atom stereocenters. The Bertz CT molecular complexity index is 801. The van der Waals surface area contributed by atoms with Gasteiger partial charge in [0.25, 0.3) is 0 Å². The third-order valence-electron chi connectivity index (χ3n) is 5.84. The van der Waals surface area contributed by atoms with Gasteiger partial charge in [-0.1, -0.05) is 0 Å². The van der Waals surface area contributed by atoms with E-state index in [-0.39, 0.29) is 17.4 Å². The summed E-state index contributed by atoms with van der Waals surface area (Å²) in [6, 6.07) is 5.90. The lowest BCUT2D eigenvalue weighted by atomic mass is 9.92. The standard InChI is InChI=1S/C20H24N4O2S/c1-15(25)24(13-16-4-11-27-14-16)18-12-20(18)5-9-23(10-6-20)19(26)22-17-2-7-21-8-3-17/h2-4,7-8,11,14,18H,5-6,9-10,12-13H2,1H3,(H,21,22,26)/t18-/m1/s1. The van der Waals surface area contributed by atoms with Crippen LogP contribution in [0.2, 0.25) is 0 Å². The molecule has 2 aromatic rings. The lowest BCUT2D eigenvalue weighted by Crippen LogP contribution is -2.44. The minimum Gasteiger partial charge on any atom is -0.335 e. The number of nitrogens with zero attached hydrogens (tertiary/aromatic N) is 3. The van der Waals surface area contributed by atoms with Gasteiger partial charge in [0, 0.05) is 50.7 Å². The number of likely N-dealkylation sites (tertiary alicyclic amines) is 1. The molecule has 7 heteroatoms. The summed E-state index contributed by atoms with van der Waals surface area (Å²) in [6.07, 6.45) is 6.29. The first-order valence-electron chi connectivity index (χ1n) is 9.32. The summed E-state index contributed by atoms with van der Waals surface area (Å²) < 4.78 is 0. The molecular weight excluding hydrogens is 360 g/mol. The normalized spacial score (nSPS) is 20.3. The van der Waals surface area contributed by atoms with Gasteiger partial charge >= 0.3 is 6.03 Å². The minimum atomic E-state index is -0.0602. The van der Waals surface area contributed by atoms with Gasteiger partial charge in [0.1, 0.15) is 0 Å². The van der Waals surface area contributed by atoms with E-state index in [9.17, 15) is 9.59 Å². The van der Waals surface area contributed by atoms with Crippen molar-refractivity contribution >= 4 is 29.0 Å². The number of pyridine rings is 1. The molecule has 2 aliphatic rings. The molecule has 6 nitrogen and oxygen atoms in total. The first-order chi connectivity index (χ1) is 13.1. The summed E-state index contributed by atoms with van der Waals surface area (Å²) in [5.74, 6) is 0.140. The van der Waals surface area contributed by atoms with Crippen molar-refractivity contribution in [2.45, 2.75) is 38.8 Å². The molecule has 1 N–H and O–H groups in total. The monoisotopic (exact) mass is 384 g/mol. The van der Waals surface area contributed by atoms with Crippen LogP contribution in [-0.4, -0.2) is 45.9 Å². The number of nitrogens with one attached hydrogen (secondary N) is 1. The van der Waals surface area contributed by atoms with E-state index in [0.717, 1.165) is 38.0 Å². The van der Waals surface area contributed by atoms with Crippen LogP contribution in [0.5, 0.6) is 0 Å². The number of thiophene rings is 1. The van der Waals surface area contributed by atoms with Crippen molar-refractivity contribution in [3.8, 4) is 0 Å². The Labute approximate surface area is 163 Å². The topological polar surface area (TPSA) is 65.5 Å². The second kappa shape index (κ2) is 7.31. The van der Waals surface area contributed by atoms with E-state index in [1.165, 1.54) is 5.56 Å². The van der Waals surface area contributed by atoms with Crippen LogP contribution in [0.25, 0.3) is 0 Å². The van der Waals surface area contributed by atoms with Gasteiger partial charge in [-0.15, -0.1) is 0 Å². The van der Waals surface area contributed by atoms with Crippen LogP contribution in [0.4, 0.5) is 10.5 Å². The summed E-state index contributed by atoms with van der Waals surface area (Å²) in [6.45, 7) is 3.82. The molecule has 2 aromatic heterocycles. The highest BCUT2D eigenvalue weighted by Gasteiger charge is 2.58. The van der Waals surface area contributed by atoms with E-state index in [1.807, 2.05) is 9.80 Å². The molecule has 0 bridgehead atoms. The zero-order chi connectivity index (χ0) is 18.9. The zero-order valence-electron chi connectivity index (χ0n) is 15.4. The molecule has 3 heterocycles. The molecule has 2 fully saturated rings. The number of piperidine rings is 1. The van der Waals surface area contributed by atoms with E-state index < -0.39 is 0 Å². The molecule has 0 aromatic carbocycles. The third-order valence-corrected chi connectivity index (χ3v) is 6.57. The summed E-state index contributed by atoms with van der Waals surface area (Å²) in [7, 11) is 0. The Morgan fingerprint density at radius 1 is 1.30 bits per heavy atom. The Morgan fingerprint density at radius 2 is 2.04 bits per heavy atom. The molecule has 27 heavy (non-hydrogen) atoms. The number of hydrogen-bond acceptors (Lipinski definition) is 4. The van der Waals surface area contributed by atoms with Crippen LogP contribution in [0.3, 0.4) is 0 Å². The maximum atomic E-state index is 12.5. The lowest BCUT2D eigenvalue weighted by molar-refractivity contribution is -0.130. The Morgan fingerprint density at radius 3 is 2.67 bits per heavy atom.